The molecule has 0 atom stereocenters. The quantitative estimate of drug-likeness (QED) is 0.675. The number of aromatic nitrogens is 3. The first-order chi connectivity index (χ1) is 12.8. The third kappa shape index (κ3) is 3.38. The van der Waals surface area contributed by atoms with E-state index < -0.39 is 0 Å². The van der Waals surface area contributed by atoms with Crippen LogP contribution in [-0.4, -0.2) is 27.0 Å². The molecule has 6 heteroatoms. The molecule has 2 heterocycles. The lowest BCUT2D eigenvalue weighted by Crippen LogP contribution is -2.18. The minimum Gasteiger partial charge on any atom is -0.292 e. The molecule has 26 heavy (non-hydrogen) atoms. The van der Waals surface area contributed by atoms with Gasteiger partial charge < -0.3 is 0 Å². The molecule has 0 aliphatic heterocycles. The van der Waals surface area contributed by atoms with Crippen molar-refractivity contribution in [3.8, 4) is 5.13 Å². The average molecular weight is 369 g/mol. The number of nitrogens with zero attached hydrogens (tertiary/aromatic N) is 3. The number of H-pyrrole nitrogens is 1. The van der Waals surface area contributed by atoms with Gasteiger partial charge in [0, 0.05) is 18.0 Å². The van der Waals surface area contributed by atoms with Crippen molar-refractivity contribution in [2.45, 2.75) is 57.9 Å². The molecule has 4 rings (SSSR count). The van der Waals surface area contributed by atoms with Gasteiger partial charge in [-0.3, -0.25) is 14.9 Å². The van der Waals surface area contributed by atoms with Crippen LogP contribution in [0.25, 0.3) is 15.3 Å². The highest BCUT2D eigenvalue weighted by Crippen LogP contribution is 2.24. The molecular formula is C20H24N4OS. The zero-order valence-corrected chi connectivity index (χ0v) is 15.9. The maximum Gasteiger partial charge on any atom is 0.282 e. The van der Waals surface area contributed by atoms with Gasteiger partial charge in [0.05, 0.1) is 15.8 Å². The van der Waals surface area contributed by atoms with E-state index in [0.29, 0.717) is 16.7 Å². The highest BCUT2D eigenvalue weighted by molar-refractivity contribution is 7.20. The van der Waals surface area contributed by atoms with E-state index in [9.17, 15) is 4.79 Å². The van der Waals surface area contributed by atoms with Gasteiger partial charge in [-0.05, 0) is 31.4 Å². The van der Waals surface area contributed by atoms with E-state index in [2.05, 4.69) is 17.0 Å². The number of aliphatic imine (C=N–C) groups is 1. The second-order valence-corrected chi connectivity index (χ2v) is 7.94. The molecule has 5 nitrogen and oxygen atoms in total. The summed E-state index contributed by atoms with van der Waals surface area (Å²) in [6.45, 7) is 2.12. The third-order valence-corrected chi connectivity index (χ3v) is 5.99. The van der Waals surface area contributed by atoms with E-state index in [1.807, 2.05) is 30.5 Å². The molecule has 0 spiro atoms. The van der Waals surface area contributed by atoms with Crippen LogP contribution in [0.4, 0.5) is 0 Å². The van der Waals surface area contributed by atoms with Crippen LogP contribution < -0.4 is 5.56 Å². The average Bonchev–Trinajstić information content (AvgIpc) is 3.22. The Morgan fingerprint density at radius 2 is 2.12 bits per heavy atom. The van der Waals surface area contributed by atoms with Crippen LogP contribution in [-0.2, 0) is 6.42 Å². The largest absolute Gasteiger partial charge is 0.292 e. The molecule has 1 aliphatic carbocycles. The Bertz CT molecular complexity index is 942. The molecule has 0 bridgehead atoms. The van der Waals surface area contributed by atoms with Crippen LogP contribution in [0.1, 0.15) is 56.7 Å². The van der Waals surface area contributed by atoms with E-state index in [1.165, 1.54) is 30.6 Å². The molecule has 2 aromatic heterocycles. The number of rotatable bonds is 5. The fourth-order valence-electron chi connectivity index (χ4n) is 3.57. The van der Waals surface area contributed by atoms with Gasteiger partial charge in [0.15, 0.2) is 0 Å². The van der Waals surface area contributed by atoms with Gasteiger partial charge in [-0.25, -0.2) is 4.98 Å². The lowest BCUT2D eigenvalue weighted by Gasteiger charge is -2.16. The number of hydrogen-bond acceptors (Lipinski definition) is 4. The van der Waals surface area contributed by atoms with Crippen molar-refractivity contribution in [1.29, 1.82) is 0 Å². The van der Waals surface area contributed by atoms with Crippen molar-refractivity contribution >= 4 is 27.8 Å². The highest BCUT2D eigenvalue weighted by atomic mass is 32.1. The van der Waals surface area contributed by atoms with Crippen molar-refractivity contribution in [2.24, 2.45) is 4.99 Å². The number of fused-ring (bicyclic) bond motifs is 1. The lowest BCUT2D eigenvalue weighted by atomic mass is 9.96. The first-order valence-corrected chi connectivity index (χ1v) is 10.3. The van der Waals surface area contributed by atoms with Crippen LogP contribution in [0.15, 0.2) is 34.1 Å². The Balaban J connectivity index is 1.71. The van der Waals surface area contributed by atoms with Gasteiger partial charge in [0.1, 0.15) is 0 Å². The highest BCUT2D eigenvalue weighted by Gasteiger charge is 2.17. The predicted octanol–water partition coefficient (Wildman–Crippen LogP) is 4.48. The fraction of sp³-hybridized carbons (Fsp3) is 0.450. The van der Waals surface area contributed by atoms with Gasteiger partial charge in [-0.1, -0.05) is 56.1 Å². The lowest BCUT2D eigenvalue weighted by molar-refractivity contribution is 0.444. The Labute approximate surface area is 156 Å². The number of para-hydroxylation sites is 1. The second-order valence-electron chi connectivity index (χ2n) is 6.93. The minimum absolute atomic E-state index is 0.0490. The summed E-state index contributed by atoms with van der Waals surface area (Å²) < 4.78 is 2.66. The summed E-state index contributed by atoms with van der Waals surface area (Å²) in [5.41, 5.74) is 2.52. The molecule has 1 aromatic carbocycles. The second kappa shape index (κ2) is 7.58. The molecule has 0 unspecified atom stereocenters. The van der Waals surface area contributed by atoms with Crippen molar-refractivity contribution in [1.82, 2.24) is 14.8 Å². The van der Waals surface area contributed by atoms with Gasteiger partial charge >= 0.3 is 0 Å². The van der Waals surface area contributed by atoms with Gasteiger partial charge in [-0.15, -0.1) is 0 Å². The smallest absolute Gasteiger partial charge is 0.282 e. The fourth-order valence-corrected chi connectivity index (χ4v) is 4.50. The molecule has 0 amide bonds. The normalized spacial score (nSPS) is 16.0. The van der Waals surface area contributed by atoms with E-state index in [4.69, 9.17) is 4.99 Å². The minimum atomic E-state index is -0.0490. The van der Waals surface area contributed by atoms with Gasteiger partial charge in [0.25, 0.3) is 5.56 Å². The molecule has 3 aromatic rings. The van der Waals surface area contributed by atoms with Crippen molar-refractivity contribution in [3.63, 3.8) is 0 Å². The van der Waals surface area contributed by atoms with E-state index in [0.717, 1.165) is 41.6 Å². The van der Waals surface area contributed by atoms with Crippen LogP contribution in [0, 0.1) is 0 Å². The maximum atomic E-state index is 13.0. The summed E-state index contributed by atoms with van der Waals surface area (Å²) in [5, 5.41) is 3.96. The summed E-state index contributed by atoms with van der Waals surface area (Å²) in [6.07, 6.45) is 9.68. The topological polar surface area (TPSA) is 63.0 Å². The molecule has 0 saturated heterocycles. The van der Waals surface area contributed by atoms with Crippen LogP contribution in [0.5, 0.6) is 0 Å². The van der Waals surface area contributed by atoms with Crippen LogP contribution in [0.2, 0.25) is 0 Å². The van der Waals surface area contributed by atoms with E-state index in [-0.39, 0.29) is 5.56 Å². The molecule has 0 radical (unpaired) electrons. The molecule has 1 N–H and O–H groups in total. The van der Waals surface area contributed by atoms with Crippen LogP contribution >= 0.6 is 11.3 Å². The standard InChI is InChI=1S/C20H24N4OS/c1-2-8-16-15(13-21-14-9-4-3-5-10-14)19(25)24(23-16)20-22-17-11-6-7-12-18(17)26-20/h6-7,11-14,23H,2-5,8-10H2,1H3. The summed E-state index contributed by atoms with van der Waals surface area (Å²) in [4.78, 5) is 22.4. The Morgan fingerprint density at radius 3 is 2.88 bits per heavy atom. The predicted molar refractivity (Wildman–Crippen MR) is 108 cm³/mol. The SMILES string of the molecule is CCCc1[nH]n(-c2nc3ccccc3s2)c(=O)c1C=NC1CCCCC1. The molecule has 1 aliphatic rings. The number of nitrogens with one attached hydrogen (secondary N) is 1. The monoisotopic (exact) mass is 368 g/mol. The molecule has 136 valence electrons. The van der Waals surface area contributed by atoms with Crippen LogP contribution in [0.3, 0.4) is 0 Å². The van der Waals surface area contributed by atoms with Gasteiger partial charge in [-0.2, -0.15) is 4.68 Å². The number of hydrogen-bond donors (Lipinski definition) is 1. The number of aromatic amines is 1. The zero-order valence-electron chi connectivity index (χ0n) is 15.1. The molecule has 1 fully saturated rings. The summed E-state index contributed by atoms with van der Waals surface area (Å²) in [6, 6.07) is 8.33. The Morgan fingerprint density at radius 1 is 1.31 bits per heavy atom. The first-order valence-electron chi connectivity index (χ1n) is 9.49. The summed E-state index contributed by atoms with van der Waals surface area (Å²) in [7, 11) is 0. The van der Waals surface area contributed by atoms with E-state index in [1.54, 1.807) is 4.68 Å². The molecule has 1 saturated carbocycles. The number of aryl methyl sites for hydroxylation is 1. The Hall–Kier alpha value is -2.21. The number of benzene rings is 1. The van der Waals surface area contributed by atoms with Gasteiger partial charge in [0.2, 0.25) is 5.13 Å². The van der Waals surface area contributed by atoms with Crippen molar-refractivity contribution < 1.29 is 0 Å². The summed E-state index contributed by atoms with van der Waals surface area (Å²) >= 11 is 1.53. The maximum absolute atomic E-state index is 13.0. The number of thiazole rings is 1. The van der Waals surface area contributed by atoms with E-state index >= 15 is 0 Å². The third-order valence-electron chi connectivity index (χ3n) is 4.97. The van der Waals surface area contributed by atoms with Crippen molar-refractivity contribution in [3.05, 3.63) is 45.9 Å². The first kappa shape index (κ1) is 17.2. The molecular weight excluding hydrogens is 344 g/mol. The van der Waals surface area contributed by atoms with Crippen molar-refractivity contribution in [2.75, 3.05) is 0 Å². The zero-order chi connectivity index (χ0) is 17.9. The Kier molecular flexibility index (Phi) is 5.02. The summed E-state index contributed by atoms with van der Waals surface area (Å²) in [5.74, 6) is 0.